The van der Waals surface area contributed by atoms with Crippen LogP contribution in [0.25, 0.3) is 0 Å². The van der Waals surface area contributed by atoms with Gasteiger partial charge in [-0.1, -0.05) is 45.9 Å². The molecule has 260 valence electrons. The number of rotatable bonds is 7. The molecule has 2 heterocycles. The van der Waals surface area contributed by atoms with E-state index in [1.54, 1.807) is 56.5 Å². The Morgan fingerprint density at radius 3 is 2.23 bits per heavy atom. The molecule has 4 atom stereocenters. The topological polar surface area (TPSA) is 164 Å². The van der Waals surface area contributed by atoms with Gasteiger partial charge in [-0.3, -0.25) is 24.0 Å². The summed E-state index contributed by atoms with van der Waals surface area (Å²) in [5.41, 5.74) is 0.965. The maximum absolute atomic E-state index is 14.1. The Labute approximate surface area is 281 Å². The third kappa shape index (κ3) is 9.39. The predicted octanol–water partition coefficient (Wildman–Crippen LogP) is 1.83. The lowest BCUT2D eigenvalue weighted by atomic mass is 10.0. The average molecular weight is 666 g/mol. The van der Waals surface area contributed by atoms with Crippen molar-refractivity contribution >= 4 is 29.5 Å². The summed E-state index contributed by atoms with van der Waals surface area (Å²) in [7, 11) is 1.55. The average Bonchev–Trinajstić information content (AvgIpc) is 3.05. The lowest BCUT2D eigenvalue weighted by Crippen LogP contribution is -2.57. The number of amides is 5. The lowest BCUT2D eigenvalue weighted by Gasteiger charge is -2.32. The highest BCUT2D eigenvalue weighted by atomic mass is 16.6. The number of benzene rings is 2. The molecule has 0 bridgehead atoms. The maximum Gasteiger partial charge on any atom is 0.258 e. The second-order valence-electron chi connectivity index (χ2n) is 13.0. The zero-order valence-corrected chi connectivity index (χ0v) is 28.5. The van der Waals surface area contributed by atoms with Crippen LogP contribution in [0.3, 0.4) is 0 Å². The maximum atomic E-state index is 14.1. The van der Waals surface area contributed by atoms with Crippen LogP contribution in [0, 0.1) is 11.8 Å². The molecular formula is C35H47N5O8. The molecular weight excluding hydrogens is 618 g/mol. The van der Waals surface area contributed by atoms with E-state index in [0.29, 0.717) is 18.1 Å². The highest BCUT2D eigenvalue weighted by Gasteiger charge is 2.34. The van der Waals surface area contributed by atoms with Gasteiger partial charge >= 0.3 is 0 Å². The largest absolute Gasteiger partial charge is 0.497 e. The van der Waals surface area contributed by atoms with E-state index in [-0.39, 0.29) is 49.1 Å². The first kappa shape index (κ1) is 36.0. The molecule has 0 spiro atoms. The fourth-order valence-electron chi connectivity index (χ4n) is 5.57. The van der Waals surface area contributed by atoms with Crippen LogP contribution in [0.2, 0.25) is 0 Å². The Morgan fingerprint density at radius 1 is 0.875 bits per heavy atom. The molecule has 13 heteroatoms. The van der Waals surface area contributed by atoms with Gasteiger partial charge in [0.1, 0.15) is 37.1 Å². The summed E-state index contributed by atoms with van der Waals surface area (Å²) in [6, 6.07) is 8.45. The Morgan fingerprint density at radius 2 is 1.56 bits per heavy atom. The summed E-state index contributed by atoms with van der Waals surface area (Å²) >= 11 is 0. The van der Waals surface area contributed by atoms with Crippen molar-refractivity contribution in [3.05, 3.63) is 53.6 Å². The van der Waals surface area contributed by atoms with E-state index < -0.39 is 60.2 Å². The molecule has 2 aromatic carbocycles. The Bertz CT molecular complexity index is 1480. The highest BCUT2D eigenvalue weighted by molar-refractivity contribution is 6.00. The van der Waals surface area contributed by atoms with Crippen molar-refractivity contribution in [2.45, 2.75) is 71.6 Å². The number of hydrogen-bond acceptors (Lipinski definition) is 8. The summed E-state index contributed by atoms with van der Waals surface area (Å²) in [5, 5.41) is 11.3. The number of ether oxygens (including phenoxy) is 3. The molecule has 0 radical (unpaired) electrons. The minimum atomic E-state index is -1.05. The number of nitrogens with zero attached hydrogens (tertiary/aromatic N) is 1. The van der Waals surface area contributed by atoms with E-state index in [1.165, 1.54) is 4.90 Å². The van der Waals surface area contributed by atoms with Crippen LogP contribution in [-0.2, 0) is 25.6 Å². The summed E-state index contributed by atoms with van der Waals surface area (Å²) < 4.78 is 16.7. The van der Waals surface area contributed by atoms with Crippen LogP contribution in [-0.4, -0.2) is 92.0 Å². The van der Waals surface area contributed by atoms with Crippen molar-refractivity contribution in [1.82, 2.24) is 26.2 Å². The van der Waals surface area contributed by atoms with Crippen molar-refractivity contribution < 1.29 is 38.2 Å². The van der Waals surface area contributed by atoms with Gasteiger partial charge in [-0.2, -0.15) is 0 Å². The fourth-order valence-corrected chi connectivity index (χ4v) is 5.57. The normalized spacial score (nSPS) is 22.5. The Hall–Kier alpha value is -4.81. The molecule has 4 rings (SSSR count). The van der Waals surface area contributed by atoms with Gasteiger partial charge in [-0.05, 0) is 55.0 Å². The van der Waals surface area contributed by atoms with E-state index >= 15 is 0 Å². The second kappa shape index (κ2) is 16.3. The van der Waals surface area contributed by atoms with Crippen LogP contribution < -0.4 is 35.5 Å². The minimum Gasteiger partial charge on any atom is -0.497 e. The first-order valence-electron chi connectivity index (χ1n) is 16.4. The Kier molecular flexibility index (Phi) is 12.3. The van der Waals surface area contributed by atoms with Crippen molar-refractivity contribution in [2.24, 2.45) is 11.8 Å². The van der Waals surface area contributed by atoms with Gasteiger partial charge < -0.3 is 40.4 Å². The van der Waals surface area contributed by atoms with E-state index in [9.17, 15) is 24.0 Å². The number of nitrogens with one attached hydrogen (secondary N) is 4. The zero-order valence-electron chi connectivity index (χ0n) is 28.5. The van der Waals surface area contributed by atoms with Gasteiger partial charge in [0.05, 0.1) is 19.2 Å². The molecule has 1 saturated heterocycles. The van der Waals surface area contributed by atoms with E-state index in [2.05, 4.69) is 21.3 Å². The van der Waals surface area contributed by atoms with Crippen LogP contribution in [0.5, 0.6) is 17.2 Å². The van der Waals surface area contributed by atoms with E-state index in [1.807, 2.05) is 27.7 Å². The second-order valence-corrected chi connectivity index (χ2v) is 13.0. The fraction of sp³-hybridized carbons (Fsp3) is 0.514. The van der Waals surface area contributed by atoms with E-state index in [4.69, 9.17) is 14.2 Å². The number of carbonyl (C=O) groups excluding carboxylic acids is 5. The molecule has 0 aromatic heterocycles. The predicted molar refractivity (Wildman–Crippen MR) is 178 cm³/mol. The molecule has 48 heavy (non-hydrogen) atoms. The van der Waals surface area contributed by atoms with Gasteiger partial charge in [0.25, 0.3) is 5.91 Å². The molecule has 0 unspecified atom stereocenters. The number of methoxy groups -OCH3 is 1. The smallest absolute Gasteiger partial charge is 0.258 e. The van der Waals surface area contributed by atoms with Gasteiger partial charge in [0.15, 0.2) is 11.5 Å². The van der Waals surface area contributed by atoms with Crippen LogP contribution in [0.15, 0.2) is 42.5 Å². The number of para-hydroxylation sites is 1. The standard InChI is InChI=1S/C35H47N5O8/c1-20(2)16-26-34(44)38-27(17-23-10-12-24(46-6)13-11-23)33(43)36-22(5)32(42)39-28(21(3)4)18-40(19-30(41)37-26)35(45)25-8-7-9-29-31(25)48-15-14-47-29/h7-13,20-22,26-28H,14-19H2,1-6H3,(H,36,43)(H,37,41)(H,38,44)(H,39,42)/t22-,26+,27+,28-/m1/s1. The summed E-state index contributed by atoms with van der Waals surface area (Å²) in [6.45, 7) is 9.34. The summed E-state index contributed by atoms with van der Waals surface area (Å²) in [5.74, 6) is -1.46. The van der Waals surface area contributed by atoms with Gasteiger partial charge in [-0.25, -0.2) is 0 Å². The third-order valence-corrected chi connectivity index (χ3v) is 8.31. The summed E-state index contributed by atoms with van der Waals surface area (Å²) in [4.78, 5) is 69.9. The van der Waals surface area contributed by atoms with Crippen LogP contribution in [0.4, 0.5) is 0 Å². The molecule has 2 aliphatic heterocycles. The monoisotopic (exact) mass is 665 g/mol. The highest BCUT2D eigenvalue weighted by Crippen LogP contribution is 2.34. The number of carbonyl (C=O) groups is 5. The zero-order chi connectivity index (χ0) is 35.0. The van der Waals surface area contributed by atoms with Gasteiger partial charge in [0.2, 0.25) is 23.6 Å². The molecule has 4 N–H and O–H groups in total. The van der Waals surface area contributed by atoms with Crippen LogP contribution in [0.1, 0.15) is 57.0 Å². The molecule has 1 fully saturated rings. The lowest BCUT2D eigenvalue weighted by molar-refractivity contribution is -0.133. The number of hydrogen-bond donors (Lipinski definition) is 4. The molecule has 2 aliphatic rings. The quantitative estimate of drug-likeness (QED) is 0.348. The van der Waals surface area contributed by atoms with E-state index in [0.717, 1.165) is 5.56 Å². The van der Waals surface area contributed by atoms with Crippen molar-refractivity contribution in [2.75, 3.05) is 33.4 Å². The Balaban J connectivity index is 1.69. The molecule has 5 amide bonds. The first-order chi connectivity index (χ1) is 22.9. The molecule has 13 nitrogen and oxygen atoms in total. The van der Waals surface area contributed by atoms with Crippen molar-refractivity contribution in [3.63, 3.8) is 0 Å². The van der Waals surface area contributed by atoms with Crippen molar-refractivity contribution in [3.8, 4) is 17.2 Å². The van der Waals surface area contributed by atoms with Crippen LogP contribution >= 0.6 is 0 Å². The van der Waals surface area contributed by atoms with Crippen molar-refractivity contribution in [1.29, 1.82) is 0 Å². The minimum absolute atomic E-state index is 0.00916. The molecule has 0 saturated carbocycles. The third-order valence-electron chi connectivity index (χ3n) is 8.31. The van der Waals surface area contributed by atoms with Gasteiger partial charge in [-0.15, -0.1) is 0 Å². The SMILES string of the molecule is COc1ccc(C[C@@H]2NC(=O)[C@H](CC(C)C)NC(=O)CN(C(=O)c3cccc4c3OCCO4)C[C@H](C(C)C)NC(=O)[C@@H](C)NC2=O)cc1. The number of fused-ring (bicyclic) bond motifs is 1. The molecule has 0 aliphatic carbocycles. The molecule has 2 aromatic rings. The summed E-state index contributed by atoms with van der Waals surface area (Å²) in [6.07, 6.45) is 0.410. The first-order valence-corrected chi connectivity index (χ1v) is 16.4. The van der Waals surface area contributed by atoms with Gasteiger partial charge in [0, 0.05) is 19.0 Å².